The van der Waals surface area contributed by atoms with E-state index >= 15 is 0 Å². The zero-order valence-corrected chi connectivity index (χ0v) is 20.2. The number of hydrogen-bond donors (Lipinski definition) is 0. The maximum atomic E-state index is 2.51. The van der Waals surface area contributed by atoms with Gasteiger partial charge in [0.25, 0.3) is 0 Å². The first-order valence-electron chi connectivity index (χ1n) is 11.1. The quantitative estimate of drug-likeness (QED) is 0.395. The third-order valence-electron chi connectivity index (χ3n) is 6.49. The van der Waals surface area contributed by atoms with Crippen LogP contribution >= 0.6 is 0 Å². The molecular formula is C29H33Si. The van der Waals surface area contributed by atoms with Crippen LogP contribution in [0.1, 0.15) is 56.9 Å². The molecule has 0 spiro atoms. The van der Waals surface area contributed by atoms with Crippen molar-refractivity contribution in [3.63, 3.8) is 0 Å². The van der Waals surface area contributed by atoms with Crippen molar-refractivity contribution < 1.29 is 0 Å². The molecule has 1 unspecified atom stereocenters. The first-order chi connectivity index (χ1) is 14.3. The van der Waals surface area contributed by atoms with E-state index in [1.807, 2.05) is 0 Å². The zero-order valence-electron chi connectivity index (χ0n) is 19.2. The summed E-state index contributed by atoms with van der Waals surface area (Å²) in [5, 5.41) is 1.52. The van der Waals surface area contributed by atoms with Gasteiger partial charge in [0.2, 0.25) is 0 Å². The van der Waals surface area contributed by atoms with Gasteiger partial charge in [-0.05, 0) is 39.2 Å². The van der Waals surface area contributed by atoms with E-state index in [4.69, 9.17) is 0 Å². The number of hydrogen-bond acceptors (Lipinski definition) is 0. The fraction of sp³-hybridized carbons (Fsp3) is 0.310. The highest BCUT2D eigenvalue weighted by Gasteiger charge is 2.34. The maximum Gasteiger partial charge on any atom is 0.0948 e. The fourth-order valence-corrected chi connectivity index (χ4v) is 7.36. The van der Waals surface area contributed by atoms with Crippen molar-refractivity contribution in [2.45, 2.75) is 52.1 Å². The average molecular weight is 410 g/mol. The molecule has 0 aromatic heterocycles. The van der Waals surface area contributed by atoms with Crippen LogP contribution in [0.25, 0.3) is 17.2 Å². The third-order valence-corrected chi connectivity index (χ3v) is 9.24. The van der Waals surface area contributed by atoms with E-state index in [1.54, 1.807) is 5.57 Å². The van der Waals surface area contributed by atoms with Crippen molar-refractivity contribution in [1.29, 1.82) is 0 Å². The zero-order chi connectivity index (χ0) is 21.5. The molecule has 1 aliphatic carbocycles. The summed E-state index contributed by atoms with van der Waals surface area (Å²) < 4.78 is 0. The Morgan fingerprint density at radius 1 is 0.800 bits per heavy atom. The summed E-state index contributed by atoms with van der Waals surface area (Å²) in [7, 11) is -0.742. The molecule has 0 nitrogen and oxygen atoms in total. The molecule has 1 radical (unpaired) electrons. The highest BCUT2D eigenvalue weighted by molar-refractivity contribution is 6.74. The van der Waals surface area contributed by atoms with Crippen LogP contribution in [-0.4, -0.2) is 8.80 Å². The molecule has 0 aliphatic heterocycles. The molecule has 0 bridgehead atoms. The Morgan fingerprint density at radius 3 is 2.07 bits per heavy atom. The minimum absolute atomic E-state index is 0.183. The molecule has 3 aromatic carbocycles. The molecular weight excluding hydrogens is 376 g/mol. The van der Waals surface area contributed by atoms with Crippen molar-refractivity contribution in [1.82, 2.24) is 0 Å². The van der Waals surface area contributed by atoms with Crippen LogP contribution in [0.4, 0.5) is 0 Å². The lowest BCUT2D eigenvalue weighted by atomic mass is 9.86. The Bertz CT molecular complexity index is 1050. The van der Waals surface area contributed by atoms with E-state index in [-0.39, 0.29) is 5.41 Å². The second-order valence-corrected chi connectivity index (χ2v) is 12.4. The van der Waals surface area contributed by atoms with Gasteiger partial charge < -0.3 is 0 Å². The number of fused-ring (bicyclic) bond motifs is 1. The molecule has 1 atom stereocenters. The second-order valence-electron chi connectivity index (χ2n) is 9.92. The molecule has 0 heterocycles. The lowest BCUT2D eigenvalue weighted by molar-refractivity contribution is 0.590. The van der Waals surface area contributed by atoms with Gasteiger partial charge in [0.1, 0.15) is 0 Å². The molecule has 0 saturated heterocycles. The SMILES string of the molecule is CC(C)C1=Cc2c(-c3ccc(C(C)(C)C)cc3)cccc2C1[Si](C)c1ccccc1. The van der Waals surface area contributed by atoms with Gasteiger partial charge in [0.15, 0.2) is 0 Å². The van der Waals surface area contributed by atoms with Gasteiger partial charge in [-0.15, -0.1) is 0 Å². The molecule has 0 N–H and O–H groups in total. The van der Waals surface area contributed by atoms with E-state index in [1.165, 1.54) is 33.0 Å². The smallest absolute Gasteiger partial charge is 0.0662 e. The molecule has 153 valence electrons. The van der Waals surface area contributed by atoms with Crippen LogP contribution < -0.4 is 5.19 Å². The molecule has 4 rings (SSSR count). The van der Waals surface area contributed by atoms with Crippen LogP contribution in [0.2, 0.25) is 6.55 Å². The maximum absolute atomic E-state index is 2.51. The summed E-state index contributed by atoms with van der Waals surface area (Å²) in [6.45, 7) is 14.0. The van der Waals surface area contributed by atoms with Crippen molar-refractivity contribution in [3.05, 3.63) is 95.1 Å². The molecule has 0 fully saturated rings. The Kier molecular flexibility index (Phi) is 5.59. The van der Waals surface area contributed by atoms with Crippen molar-refractivity contribution in [2.24, 2.45) is 5.92 Å². The summed E-state index contributed by atoms with van der Waals surface area (Å²) in [6, 6.07) is 27.3. The Labute approximate surface area is 184 Å². The Morgan fingerprint density at radius 2 is 1.47 bits per heavy atom. The summed E-state index contributed by atoms with van der Waals surface area (Å²) in [5.74, 6) is 0.558. The van der Waals surface area contributed by atoms with Gasteiger partial charge in [-0.25, -0.2) is 0 Å². The van der Waals surface area contributed by atoms with E-state index < -0.39 is 8.80 Å². The van der Waals surface area contributed by atoms with Crippen LogP contribution in [-0.2, 0) is 5.41 Å². The van der Waals surface area contributed by atoms with E-state index in [9.17, 15) is 0 Å². The van der Waals surface area contributed by atoms with E-state index in [0.717, 1.165) is 0 Å². The molecule has 1 heteroatoms. The Balaban J connectivity index is 1.80. The number of allylic oxidation sites excluding steroid dienone is 1. The summed E-state index contributed by atoms with van der Waals surface area (Å²) in [4.78, 5) is 0. The second kappa shape index (κ2) is 8.04. The molecule has 3 aromatic rings. The van der Waals surface area contributed by atoms with Crippen LogP contribution in [0.15, 0.2) is 78.4 Å². The topological polar surface area (TPSA) is 0 Å². The highest BCUT2D eigenvalue weighted by atomic mass is 28.3. The van der Waals surface area contributed by atoms with Crippen LogP contribution in [0.3, 0.4) is 0 Å². The lowest BCUT2D eigenvalue weighted by Crippen LogP contribution is -2.34. The van der Waals surface area contributed by atoms with Gasteiger partial charge in [-0.3, -0.25) is 0 Å². The predicted octanol–water partition coefficient (Wildman–Crippen LogP) is 7.36. The first-order valence-corrected chi connectivity index (χ1v) is 13.2. The van der Waals surface area contributed by atoms with Gasteiger partial charge in [0, 0.05) is 5.54 Å². The fourth-order valence-electron chi connectivity index (χ4n) is 4.68. The van der Waals surface area contributed by atoms with Gasteiger partial charge in [-0.1, -0.05) is 131 Å². The highest BCUT2D eigenvalue weighted by Crippen LogP contribution is 2.45. The van der Waals surface area contributed by atoms with Gasteiger partial charge in [0.05, 0.1) is 8.80 Å². The predicted molar refractivity (Wildman–Crippen MR) is 134 cm³/mol. The average Bonchev–Trinajstić information content (AvgIpc) is 3.13. The van der Waals surface area contributed by atoms with Crippen molar-refractivity contribution in [2.75, 3.05) is 0 Å². The van der Waals surface area contributed by atoms with Crippen LogP contribution in [0.5, 0.6) is 0 Å². The van der Waals surface area contributed by atoms with Gasteiger partial charge in [-0.2, -0.15) is 0 Å². The van der Waals surface area contributed by atoms with Crippen molar-refractivity contribution >= 4 is 20.1 Å². The van der Waals surface area contributed by atoms with Crippen LogP contribution in [0, 0.1) is 5.92 Å². The van der Waals surface area contributed by atoms with E-state index in [2.05, 4.69) is 120 Å². The lowest BCUT2D eigenvalue weighted by Gasteiger charge is -2.25. The first kappa shape index (κ1) is 20.9. The minimum atomic E-state index is -0.742. The molecule has 30 heavy (non-hydrogen) atoms. The normalized spacial score (nSPS) is 16.1. The Hall–Kier alpha value is -2.38. The standard InChI is InChI=1S/C29H33Si/c1-20(2)26-19-27-24(21-15-17-22(18-16-21)29(3,4)5)13-10-14-25(27)28(26)30(6)23-11-8-7-9-12-23/h7-20,28H,1-6H3. The van der Waals surface area contributed by atoms with E-state index in [0.29, 0.717) is 11.5 Å². The third kappa shape index (κ3) is 3.84. The molecule has 1 aliphatic rings. The number of benzene rings is 3. The largest absolute Gasteiger partial charge is 0.0948 e. The minimum Gasteiger partial charge on any atom is -0.0662 e. The van der Waals surface area contributed by atoms with Gasteiger partial charge >= 0.3 is 0 Å². The molecule has 0 amide bonds. The summed E-state index contributed by atoms with van der Waals surface area (Å²) >= 11 is 0. The monoisotopic (exact) mass is 409 g/mol. The van der Waals surface area contributed by atoms with Crippen molar-refractivity contribution in [3.8, 4) is 11.1 Å². The summed E-state index contributed by atoms with van der Waals surface area (Å²) in [5.41, 5.74) is 9.37. The molecule has 0 saturated carbocycles. The summed E-state index contributed by atoms with van der Waals surface area (Å²) in [6.07, 6.45) is 2.51. The number of rotatable bonds is 4.